The first-order valence-electron chi connectivity index (χ1n) is 6.26. The summed E-state index contributed by atoms with van der Waals surface area (Å²) >= 11 is 0. The summed E-state index contributed by atoms with van der Waals surface area (Å²) in [5.41, 5.74) is 0.608. The van der Waals surface area contributed by atoms with Crippen molar-refractivity contribution in [2.24, 2.45) is 5.92 Å². The van der Waals surface area contributed by atoms with E-state index in [0.29, 0.717) is 5.56 Å². The molecule has 0 aromatic heterocycles. The Bertz CT molecular complexity index is 424. The monoisotopic (exact) mass is 247 g/mol. The maximum atomic E-state index is 12.0. The fourth-order valence-electron chi connectivity index (χ4n) is 2.38. The molecule has 0 aliphatic heterocycles. The highest BCUT2D eigenvalue weighted by Crippen LogP contribution is 2.25. The number of hydrogen-bond acceptors (Lipinski definition) is 2. The molecular weight excluding hydrogens is 230 g/mol. The standard InChI is InChI=1S/C14H17NO3/c16-13(11-8-4-5-9-11)15-12(14(17)18)10-6-2-1-3-7-10/h1-3,6-7,11-12H,4-5,8-9H2,(H,15,16)(H,17,18). The topological polar surface area (TPSA) is 66.4 Å². The van der Waals surface area contributed by atoms with Crippen molar-refractivity contribution in [3.05, 3.63) is 35.9 Å². The molecule has 18 heavy (non-hydrogen) atoms. The van der Waals surface area contributed by atoms with Crippen molar-refractivity contribution in [3.63, 3.8) is 0 Å². The molecule has 1 aliphatic carbocycles. The molecule has 0 spiro atoms. The second kappa shape index (κ2) is 5.67. The van der Waals surface area contributed by atoms with E-state index in [4.69, 9.17) is 0 Å². The van der Waals surface area contributed by atoms with Crippen molar-refractivity contribution in [2.45, 2.75) is 31.7 Å². The zero-order valence-electron chi connectivity index (χ0n) is 10.1. The molecule has 4 heteroatoms. The molecule has 1 unspecified atom stereocenters. The Morgan fingerprint density at radius 3 is 2.33 bits per heavy atom. The van der Waals surface area contributed by atoms with E-state index in [2.05, 4.69) is 5.32 Å². The van der Waals surface area contributed by atoms with Crippen LogP contribution in [-0.4, -0.2) is 17.0 Å². The molecule has 2 N–H and O–H groups in total. The lowest BCUT2D eigenvalue weighted by Crippen LogP contribution is -2.37. The van der Waals surface area contributed by atoms with Gasteiger partial charge in [-0.05, 0) is 18.4 Å². The Balaban J connectivity index is 2.07. The fraction of sp³-hybridized carbons (Fsp3) is 0.429. The van der Waals surface area contributed by atoms with Gasteiger partial charge in [-0.15, -0.1) is 0 Å². The van der Waals surface area contributed by atoms with Crippen LogP contribution in [0, 0.1) is 5.92 Å². The van der Waals surface area contributed by atoms with Gasteiger partial charge in [0.05, 0.1) is 0 Å². The average Bonchev–Trinajstić information content (AvgIpc) is 2.90. The molecule has 0 radical (unpaired) electrons. The van der Waals surface area contributed by atoms with E-state index in [0.717, 1.165) is 25.7 Å². The number of carboxylic acids is 1. The predicted octanol–water partition coefficient (Wildman–Crippen LogP) is 2.12. The van der Waals surface area contributed by atoms with Crippen molar-refractivity contribution in [3.8, 4) is 0 Å². The first-order chi connectivity index (χ1) is 8.68. The molecule has 0 heterocycles. The van der Waals surface area contributed by atoms with Crippen LogP contribution in [0.25, 0.3) is 0 Å². The minimum Gasteiger partial charge on any atom is -0.479 e. The zero-order valence-corrected chi connectivity index (χ0v) is 10.1. The number of aliphatic carboxylic acids is 1. The van der Waals surface area contributed by atoms with Crippen molar-refractivity contribution in [1.29, 1.82) is 0 Å². The Morgan fingerprint density at radius 2 is 1.78 bits per heavy atom. The number of rotatable bonds is 4. The van der Waals surface area contributed by atoms with Crippen LogP contribution in [0.5, 0.6) is 0 Å². The summed E-state index contributed by atoms with van der Waals surface area (Å²) in [5, 5.41) is 11.8. The molecule has 1 saturated carbocycles. The first-order valence-corrected chi connectivity index (χ1v) is 6.26. The summed E-state index contributed by atoms with van der Waals surface area (Å²) in [4.78, 5) is 23.2. The second-order valence-electron chi connectivity index (χ2n) is 4.67. The lowest BCUT2D eigenvalue weighted by molar-refractivity contribution is -0.142. The van der Waals surface area contributed by atoms with Gasteiger partial charge >= 0.3 is 5.97 Å². The third-order valence-corrected chi connectivity index (χ3v) is 3.39. The number of nitrogens with one attached hydrogen (secondary N) is 1. The number of amides is 1. The van der Waals surface area contributed by atoms with Crippen LogP contribution in [0.2, 0.25) is 0 Å². The van der Waals surface area contributed by atoms with Crippen molar-refractivity contribution in [2.75, 3.05) is 0 Å². The number of benzene rings is 1. The summed E-state index contributed by atoms with van der Waals surface area (Å²) in [6.07, 6.45) is 3.85. The maximum Gasteiger partial charge on any atom is 0.330 e. The van der Waals surface area contributed by atoms with Gasteiger partial charge < -0.3 is 10.4 Å². The highest BCUT2D eigenvalue weighted by Gasteiger charge is 2.28. The normalized spacial score (nSPS) is 17.3. The van der Waals surface area contributed by atoms with E-state index in [1.54, 1.807) is 24.3 Å². The minimum atomic E-state index is -1.02. The molecule has 1 aromatic rings. The largest absolute Gasteiger partial charge is 0.479 e. The Kier molecular flexibility index (Phi) is 3.97. The molecule has 1 atom stereocenters. The third-order valence-electron chi connectivity index (χ3n) is 3.39. The van der Waals surface area contributed by atoms with E-state index in [1.165, 1.54) is 0 Å². The minimum absolute atomic E-state index is 0.0180. The van der Waals surface area contributed by atoms with E-state index in [-0.39, 0.29) is 11.8 Å². The van der Waals surface area contributed by atoms with Gasteiger partial charge in [0.25, 0.3) is 0 Å². The molecule has 96 valence electrons. The van der Waals surface area contributed by atoms with Crippen LogP contribution in [0.15, 0.2) is 30.3 Å². The highest BCUT2D eigenvalue weighted by molar-refractivity contribution is 5.85. The smallest absolute Gasteiger partial charge is 0.330 e. The van der Waals surface area contributed by atoms with E-state index in [9.17, 15) is 14.7 Å². The lowest BCUT2D eigenvalue weighted by Gasteiger charge is -2.17. The van der Waals surface area contributed by atoms with E-state index < -0.39 is 12.0 Å². The Hall–Kier alpha value is -1.84. The number of carboxylic acid groups (broad SMARTS) is 1. The van der Waals surface area contributed by atoms with Crippen LogP contribution in [0.3, 0.4) is 0 Å². The Labute approximate surface area is 106 Å². The van der Waals surface area contributed by atoms with Gasteiger partial charge in [0.1, 0.15) is 0 Å². The number of carbonyl (C=O) groups is 2. The summed E-state index contributed by atoms with van der Waals surface area (Å²) in [5.74, 6) is -1.17. The zero-order chi connectivity index (χ0) is 13.0. The molecule has 1 amide bonds. The predicted molar refractivity (Wildman–Crippen MR) is 66.9 cm³/mol. The molecule has 2 rings (SSSR count). The second-order valence-corrected chi connectivity index (χ2v) is 4.67. The average molecular weight is 247 g/mol. The van der Waals surface area contributed by atoms with Crippen LogP contribution < -0.4 is 5.32 Å². The quantitative estimate of drug-likeness (QED) is 0.856. The third kappa shape index (κ3) is 2.88. The van der Waals surface area contributed by atoms with E-state index >= 15 is 0 Å². The molecule has 1 aliphatic rings. The maximum absolute atomic E-state index is 12.0. The first kappa shape index (κ1) is 12.6. The van der Waals surface area contributed by atoms with Gasteiger partial charge in [-0.2, -0.15) is 0 Å². The number of carbonyl (C=O) groups excluding carboxylic acids is 1. The van der Waals surface area contributed by atoms with Gasteiger partial charge in [0.15, 0.2) is 6.04 Å². The summed E-state index contributed by atoms with van der Waals surface area (Å²) in [6.45, 7) is 0. The molecule has 0 saturated heterocycles. The summed E-state index contributed by atoms with van der Waals surface area (Å²) in [7, 11) is 0. The summed E-state index contributed by atoms with van der Waals surface area (Å²) < 4.78 is 0. The van der Waals surface area contributed by atoms with Crippen molar-refractivity contribution >= 4 is 11.9 Å². The van der Waals surface area contributed by atoms with Gasteiger partial charge in [-0.3, -0.25) is 4.79 Å². The van der Waals surface area contributed by atoms with Crippen LogP contribution in [0.1, 0.15) is 37.3 Å². The SMILES string of the molecule is O=C(NC(C(=O)O)c1ccccc1)C1CCCC1. The van der Waals surface area contributed by atoms with Gasteiger partial charge in [-0.25, -0.2) is 4.79 Å². The van der Waals surface area contributed by atoms with E-state index in [1.807, 2.05) is 6.07 Å². The van der Waals surface area contributed by atoms with Gasteiger partial charge in [0.2, 0.25) is 5.91 Å². The van der Waals surface area contributed by atoms with Gasteiger partial charge in [0, 0.05) is 5.92 Å². The highest BCUT2D eigenvalue weighted by atomic mass is 16.4. The number of hydrogen-bond donors (Lipinski definition) is 2. The fourth-order valence-corrected chi connectivity index (χ4v) is 2.38. The molecule has 0 bridgehead atoms. The molecule has 1 fully saturated rings. The van der Waals surface area contributed by atoms with Crippen LogP contribution in [-0.2, 0) is 9.59 Å². The molecule has 1 aromatic carbocycles. The Morgan fingerprint density at radius 1 is 1.17 bits per heavy atom. The van der Waals surface area contributed by atoms with Crippen molar-refractivity contribution < 1.29 is 14.7 Å². The molecular formula is C14H17NO3. The van der Waals surface area contributed by atoms with Crippen LogP contribution >= 0.6 is 0 Å². The lowest BCUT2D eigenvalue weighted by atomic mass is 10.0. The van der Waals surface area contributed by atoms with Crippen molar-refractivity contribution in [1.82, 2.24) is 5.32 Å². The van der Waals surface area contributed by atoms with Crippen LogP contribution in [0.4, 0.5) is 0 Å². The van der Waals surface area contributed by atoms with Gasteiger partial charge in [-0.1, -0.05) is 43.2 Å². The molecule has 4 nitrogen and oxygen atoms in total. The summed E-state index contributed by atoms with van der Waals surface area (Å²) in [6, 6.07) is 7.85.